The molecule has 1 aromatic rings. The molecule has 0 fully saturated rings. The summed E-state index contributed by atoms with van der Waals surface area (Å²) in [6.07, 6.45) is 0. The van der Waals surface area contributed by atoms with Crippen LogP contribution in [0.3, 0.4) is 0 Å². The summed E-state index contributed by atoms with van der Waals surface area (Å²) in [5.41, 5.74) is 5.60. The van der Waals surface area contributed by atoms with Gasteiger partial charge < -0.3 is 20.1 Å². The van der Waals surface area contributed by atoms with Crippen molar-refractivity contribution in [2.24, 2.45) is 5.73 Å². The van der Waals surface area contributed by atoms with Crippen LogP contribution in [0.4, 0.5) is 0 Å². The Balaban J connectivity index is 2.81. The van der Waals surface area contributed by atoms with Crippen LogP contribution >= 0.6 is 0 Å². The van der Waals surface area contributed by atoms with Gasteiger partial charge in [0.25, 0.3) is 5.91 Å². The molecule has 19 heavy (non-hydrogen) atoms. The molecule has 0 radical (unpaired) electrons. The van der Waals surface area contributed by atoms with E-state index in [1.165, 1.54) is 12.0 Å². The minimum absolute atomic E-state index is 0.131. The number of rotatable bonds is 7. The van der Waals surface area contributed by atoms with Crippen molar-refractivity contribution in [2.75, 3.05) is 33.9 Å². The molecule has 0 saturated carbocycles. The fourth-order valence-corrected chi connectivity index (χ4v) is 1.56. The maximum atomic E-state index is 12.2. The normalized spacial score (nSPS) is 10.0. The second-order valence-corrected chi connectivity index (χ2v) is 3.91. The molecule has 0 aliphatic rings. The molecule has 1 aromatic carbocycles. The van der Waals surface area contributed by atoms with Gasteiger partial charge in [-0.1, -0.05) is 0 Å². The second-order valence-electron chi connectivity index (χ2n) is 3.91. The maximum absolute atomic E-state index is 12.2. The summed E-state index contributed by atoms with van der Waals surface area (Å²) in [4.78, 5) is 24.5. The van der Waals surface area contributed by atoms with Crippen LogP contribution in [0.1, 0.15) is 10.4 Å². The predicted octanol–water partition coefficient (Wildman–Crippen LogP) is 0.269. The Labute approximate surface area is 112 Å². The fourth-order valence-electron chi connectivity index (χ4n) is 1.56. The van der Waals surface area contributed by atoms with Crippen molar-refractivity contribution >= 4 is 11.8 Å². The number of benzene rings is 1. The Morgan fingerprint density at radius 3 is 2.32 bits per heavy atom. The van der Waals surface area contributed by atoms with Gasteiger partial charge in [0, 0.05) is 19.2 Å². The lowest BCUT2D eigenvalue weighted by molar-refractivity contribution is -0.118. The van der Waals surface area contributed by atoms with E-state index in [-0.39, 0.29) is 12.5 Å². The molecule has 0 unspecified atom stereocenters. The van der Waals surface area contributed by atoms with Crippen LogP contribution in [0.5, 0.6) is 5.75 Å². The summed E-state index contributed by atoms with van der Waals surface area (Å²) in [5.74, 6) is -0.161. The first kappa shape index (κ1) is 15.0. The summed E-state index contributed by atoms with van der Waals surface area (Å²) in [7, 11) is 3.08. The van der Waals surface area contributed by atoms with Gasteiger partial charge in [-0.2, -0.15) is 0 Å². The van der Waals surface area contributed by atoms with E-state index >= 15 is 0 Å². The van der Waals surface area contributed by atoms with Gasteiger partial charge in [-0.3, -0.25) is 9.59 Å². The molecule has 0 bridgehead atoms. The molecule has 0 aliphatic heterocycles. The SMILES string of the molecule is COCCN(CC(N)=O)C(=O)c1ccc(OC)cc1. The van der Waals surface area contributed by atoms with E-state index < -0.39 is 5.91 Å². The number of carbonyl (C=O) groups is 2. The van der Waals surface area contributed by atoms with Crippen molar-refractivity contribution < 1.29 is 19.1 Å². The zero-order valence-corrected chi connectivity index (χ0v) is 11.1. The van der Waals surface area contributed by atoms with Crippen molar-refractivity contribution in [1.29, 1.82) is 0 Å². The number of carbonyl (C=O) groups excluding carboxylic acids is 2. The minimum atomic E-state index is -0.557. The number of methoxy groups -OCH3 is 2. The van der Waals surface area contributed by atoms with E-state index in [1.54, 1.807) is 31.4 Å². The molecule has 0 spiro atoms. The van der Waals surface area contributed by atoms with Crippen LogP contribution in [-0.2, 0) is 9.53 Å². The van der Waals surface area contributed by atoms with Crippen molar-refractivity contribution in [2.45, 2.75) is 0 Å². The van der Waals surface area contributed by atoms with Crippen molar-refractivity contribution in [3.8, 4) is 5.75 Å². The molecular formula is C13H18N2O4. The lowest BCUT2D eigenvalue weighted by Crippen LogP contribution is -2.40. The summed E-state index contributed by atoms with van der Waals surface area (Å²) in [6, 6.07) is 6.65. The zero-order chi connectivity index (χ0) is 14.3. The van der Waals surface area contributed by atoms with Crippen molar-refractivity contribution in [3.63, 3.8) is 0 Å². The summed E-state index contributed by atoms with van der Waals surface area (Å²) in [5, 5.41) is 0. The largest absolute Gasteiger partial charge is 0.497 e. The van der Waals surface area contributed by atoms with Gasteiger partial charge >= 0.3 is 0 Å². The van der Waals surface area contributed by atoms with E-state index in [0.717, 1.165) is 0 Å². The third-order valence-electron chi connectivity index (χ3n) is 2.54. The molecule has 6 heteroatoms. The van der Waals surface area contributed by atoms with Gasteiger partial charge in [0.15, 0.2) is 0 Å². The molecule has 104 valence electrons. The summed E-state index contributed by atoms with van der Waals surface area (Å²) in [6.45, 7) is 0.522. The molecule has 0 aliphatic carbocycles. The third kappa shape index (κ3) is 4.59. The number of nitrogens with two attached hydrogens (primary N) is 1. The topological polar surface area (TPSA) is 81.9 Å². The van der Waals surface area contributed by atoms with Gasteiger partial charge in [-0.05, 0) is 24.3 Å². The van der Waals surface area contributed by atoms with Crippen LogP contribution in [0.25, 0.3) is 0 Å². The summed E-state index contributed by atoms with van der Waals surface area (Å²) >= 11 is 0. The average Bonchev–Trinajstić information content (AvgIpc) is 2.42. The molecule has 0 atom stereocenters. The fraction of sp³-hybridized carbons (Fsp3) is 0.385. The third-order valence-corrected chi connectivity index (χ3v) is 2.54. The number of ether oxygens (including phenoxy) is 2. The average molecular weight is 266 g/mol. The lowest BCUT2D eigenvalue weighted by atomic mass is 10.2. The van der Waals surface area contributed by atoms with Gasteiger partial charge in [-0.15, -0.1) is 0 Å². The highest BCUT2D eigenvalue weighted by molar-refractivity contribution is 5.96. The number of hydrogen-bond acceptors (Lipinski definition) is 4. The van der Waals surface area contributed by atoms with E-state index in [2.05, 4.69) is 0 Å². The van der Waals surface area contributed by atoms with Crippen LogP contribution in [0, 0.1) is 0 Å². The number of nitrogens with zero attached hydrogens (tertiary/aromatic N) is 1. The Kier molecular flexibility index (Phi) is 5.81. The first-order valence-corrected chi connectivity index (χ1v) is 5.79. The lowest BCUT2D eigenvalue weighted by Gasteiger charge is -2.20. The minimum Gasteiger partial charge on any atom is -0.497 e. The zero-order valence-electron chi connectivity index (χ0n) is 11.1. The second kappa shape index (κ2) is 7.38. The standard InChI is InChI=1S/C13H18N2O4/c1-18-8-7-15(9-12(14)16)13(17)10-3-5-11(19-2)6-4-10/h3-6H,7-9H2,1-2H3,(H2,14,16). The first-order valence-electron chi connectivity index (χ1n) is 5.79. The van der Waals surface area contributed by atoms with E-state index in [0.29, 0.717) is 24.5 Å². The number of amides is 2. The maximum Gasteiger partial charge on any atom is 0.254 e. The molecule has 1 rings (SSSR count). The Morgan fingerprint density at radius 2 is 1.84 bits per heavy atom. The smallest absolute Gasteiger partial charge is 0.254 e. The Bertz CT molecular complexity index is 431. The molecule has 2 N–H and O–H groups in total. The van der Waals surface area contributed by atoms with E-state index in [9.17, 15) is 9.59 Å². The van der Waals surface area contributed by atoms with Crippen LogP contribution in [0.2, 0.25) is 0 Å². The van der Waals surface area contributed by atoms with Crippen LogP contribution in [-0.4, -0.2) is 50.6 Å². The van der Waals surface area contributed by atoms with Crippen molar-refractivity contribution in [1.82, 2.24) is 4.90 Å². The van der Waals surface area contributed by atoms with Gasteiger partial charge in [0.2, 0.25) is 5.91 Å². The summed E-state index contributed by atoms with van der Waals surface area (Å²) < 4.78 is 9.93. The molecule has 2 amide bonds. The molecule has 6 nitrogen and oxygen atoms in total. The molecule has 0 saturated heterocycles. The number of primary amides is 1. The van der Waals surface area contributed by atoms with E-state index in [4.69, 9.17) is 15.2 Å². The Morgan fingerprint density at radius 1 is 1.21 bits per heavy atom. The number of hydrogen-bond donors (Lipinski definition) is 1. The van der Waals surface area contributed by atoms with Crippen molar-refractivity contribution in [3.05, 3.63) is 29.8 Å². The van der Waals surface area contributed by atoms with Crippen LogP contribution in [0.15, 0.2) is 24.3 Å². The van der Waals surface area contributed by atoms with E-state index in [1.807, 2.05) is 0 Å². The van der Waals surface area contributed by atoms with Gasteiger partial charge in [0.05, 0.1) is 20.3 Å². The molecular weight excluding hydrogens is 248 g/mol. The molecule has 0 aromatic heterocycles. The van der Waals surface area contributed by atoms with Gasteiger partial charge in [0.1, 0.15) is 5.75 Å². The highest BCUT2D eigenvalue weighted by atomic mass is 16.5. The monoisotopic (exact) mass is 266 g/mol. The first-order chi connectivity index (χ1) is 9.08. The van der Waals surface area contributed by atoms with Gasteiger partial charge in [-0.25, -0.2) is 0 Å². The quantitative estimate of drug-likeness (QED) is 0.768. The molecule has 0 heterocycles. The Hall–Kier alpha value is -2.08. The predicted molar refractivity (Wildman–Crippen MR) is 70.0 cm³/mol. The highest BCUT2D eigenvalue weighted by Crippen LogP contribution is 2.13. The van der Waals surface area contributed by atoms with Crippen LogP contribution < -0.4 is 10.5 Å². The highest BCUT2D eigenvalue weighted by Gasteiger charge is 2.17.